The number of halogens is 2. The lowest BCUT2D eigenvalue weighted by molar-refractivity contribution is -0.128. The summed E-state index contributed by atoms with van der Waals surface area (Å²) in [5, 5.41) is 2.41. The fraction of sp³-hybridized carbons (Fsp3) is 0.167. The fourth-order valence-corrected chi connectivity index (χ4v) is 2.53. The van der Waals surface area contributed by atoms with Gasteiger partial charge in [0.1, 0.15) is 5.82 Å². The van der Waals surface area contributed by atoms with Gasteiger partial charge in [-0.3, -0.25) is 19.7 Å². The van der Waals surface area contributed by atoms with Crippen LogP contribution in [0.3, 0.4) is 0 Å². The van der Waals surface area contributed by atoms with Gasteiger partial charge in [0.15, 0.2) is 5.78 Å². The van der Waals surface area contributed by atoms with Crippen LogP contribution in [0.1, 0.15) is 15.9 Å². The van der Waals surface area contributed by atoms with E-state index in [9.17, 15) is 18.8 Å². The van der Waals surface area contributed by atoms with Gasteiger partial charge in [0.05, 0.1) is 18.7 Å². The second-order valence-electron chi connectivity index (χ2n) is 5.50. The lowest BCUT2D eigenvalue weighted by Crippen LogP contribution is -2.41. The summed E-state index contributed by atoms with van der Waals surface area (Å²) >= 11 is 5.98. The Bertz CT molecular complexity index is 857. The van der Waals surface area contributed by atoms with Crippen LogP contribution in [0.4, 0.5) is 10.1 Å². The van der Waals surface area contributed by atoms with Gasteiger partial charge in [0, 0.05) is 23.3 Å². The monoisotopic (exact) mass is 377 g/mol. The van der Waals surface area contributed by atoms with Crippen molar-refractivity contribution >= 4 is 34.9 Å². The van der Waals surface area contributed by atoms with Crippen molar-refractivity contribution in [2.75, 3.05) is 25.0 Å². The lowest BCUT2D eigenvalue weighted by Gasteiger charge is -2.21. The summed E-state index contributed by atoms with van der Waals surface area (Å²) in [4.78, 5) is 37.3. The van der Waals surface area contributed by atoms with Gasteiger partial charge < -0.3 is 10.6 Å². The molecule has 0 aliphatic carbocycles. The second-order valence-corrected chi connectivity index (χ2v) is 5.94. The highest BCUT2D eigenvalue weighted by Crippen LogP contribution is 2.26. The van der Waals surface area contributed by atoms with Gasteiger partial charge >= 0.3 is 0 Å². The quantitative estimate of drug-likeness (QED) is 0.748. The number of hydrogen-bond acceptors (Lipinski definition) is 5. The predicted octanol–water partition coefficient (Wildman–Crippen LogP) is 1.75. The molecule has 0 aromatic heterocycles. The van der Waals surface area contributed by atoms with Crippen LogP contribution in [0.25, 0.3) is 0 Å². The van der Waals surface area contributed by atoms with E-state index in [0.717, 1.165) is 0 Å². The van der Waals surface area contributed by atoms with Crippen molar-refractivity contribution in [3.05, 3.63) is 64.4 Å². The summed E-state index contributed by atoms with van der Waals surface area (Å²) in [5.74, 6) is -2.41. The van der Waals surface area contributed by atoms with Crippen LogP contribution in [-0.4, -0.2) is 37.7 Å². The summed E-state index contributed by atoms with van der Waals surface area (Å²) < 4.78 is 14.0. The molecule has 26 heavy (non-hydrogen) atoms. The van der Waals surface area contributed by atoms with Gasteiger partial charge in [-0.1, -0.05) is 23.7 Å². The van der Waals surface area contributed by atoms with Gasteiger partial charge in [-0.2, -0.15) is 0 Å². The Hall–Kier alpha value is -2.77. The number of hydrogen-bond donors (Lipinski definition) is 2. The molecule has 0 saturated carbocycles. The number of rotatable bonds is 6. The first-order chi connectivity index (χ1) is 12.3. The van der Waals surface area contributed by atoms with Crippen molar-refractivity contribution in [1.82, 2.24) is 5.32 Å². The molecule has 0 saturated heterocycles. The normalized spacial score (nSPS) is 10.3. The van der Waals surface area contributed by atoms with Crippen LogP contribution < -0.4 is 16.0 Å². The number of likely N-dealkylation sites (N-methyl/N-ethyl adjacent to an activating group) is 1. The summed E-state index contributed by atoms with van der Waals surface area (Å²) in [6.07, 6.45) is 0. The molecule has 0 bridgehead atoms. The molecular formula is C18H17ClFN3O3. The number of amides is 2. The van der Waals surface area contributed by atoms with Crippen molar-refractivity contribution in [3.8, 4) is 0 Å². The highest BCUT2D eigenvalue weighted by atomic mass is 35.5. The highest BCUT2D eigenvalue weighted by molar-refractivity contribution is 6.31. The van der Waals surface area contributed by atoms with E-state index in [2.05, 4.69) is 5.32 Å². The Labute approximate surface area is 154 Å². The zero-order valence-corrected chi connectivity index (χ0v) is 14.7. The summed E-state index contributed by atoms with van der Waals surface area (Å²) in [7, 11) is 1.56. The van der Waals surface area contributed by atoms with Gasteiger partial charge in [-0.25, -0.2) is 4.39 Å². The fourth-order valence-electron chi connectivity index (χ4n) is 2.36. The molecule has 0 atom stereocenters. The maximum atomic E-state index is 14.0. The minimum Gasteiger partial charge on any atom is -0.365 e. The van der Waals surface area contributed by atoms with Crippen LogP contribution in [0, 0.1) is 5.82 Å². The topological polar surface area (TPSA) is 92.5 Å². The SMILES string of the molecule is CN(CC(=O)NC(=O)CN)c1ccc(Cl)cc1C(=O)c1ccccc1F. The average Bonchev–Trinajstić information content (AvgIpc) is 2.61. The van der Waals surface area contributed by atoms with E-state index in [0.29, 0.717) is 10.7 Å². The third-order valence-corrected chi connectivity index (χ3v) is 3.81. The van der Waals surface area contributed by atoms with Crippen LogP contribution in [-0.2, 0) is 9.59 Å². The van der Waals surface area contributed by atoms with Gasteiger partial charge in [-0.15, -0.1) is 0 Å². The molecular weight excluding hydrogens is 361 g/mol. The molecule has 0 unspecified atom stereocenters. The molecule has 2 amide bonds. The first kappa shape index (κ1) is 19.6. The number of carbonyl (C=O) groups is 3. The van der Waals surface area contributed by atoms with E-state index in [-0.39, 0.29) is 24.2 Å². The number of anilines is 1. The maximum absolute atomic E-state index is 14.0. The molecule has 8 heteroatoms. The third-order valence-electron chi connectivity index (χ3n) is 3.58. The Morgan fingerprint density at radius 2 is 1.81 bits per heavy atom. The van der Waals surface area contributed by atoms with Crippen molar-refractivity contribution < 1.29 is 18.8 Å². The zero-order valence-electron chi connectivity index (χ0n) is 14.0. The Kier molecular flexibility index (Phi) is 6.43. The van der Waals surface area contributed by atoms with E-state index in [1.807, 2.05) is 0 Å². The minimum absolute atomic E-state index is 0.104. The van der Waals surface area contributed by atoms with Crippen molar-refractivity contribution in [2.24, 2.45) is 5.73 Å². The molecule has 6 nitrogen and oxygen atoms in total. The number of nitrogens with one attached hydrogen (secondary N) is 1. The second kappa shape index (κ2) is 8.55. The van der Waals surface area contributed by atoms with Crippen molar-refractivity contribution in [1.29, 1.82) is 0 Å². The molecule has 2 rings (SSSR count). The molecule has 0 aliphatic heterocycles. The van der Waals surface area contributed by atoms with Crippen molar-refractivity contribution in [3.63, 3.8) is 0 Å². The van der Waals surface area contributed by atoms with E-state index in [4.69, 9.17) is 17.3 Å². The maximum Gasteiger partial charge on any atom is 0.246 e. The molecule has 0 aliphatic rings. The highest BCUT2D eigenvalue weighted by Gasteiger charge is 2.20. The standard InChI is InChI=1S/C18H17ClFN3O3/c1-23(10-17(25)22-16(24)9-21)15-7-6-11(19)8-13(15)18(26)12-4-2-3-5-14(12)20/h2-8H,9-10,21H2,1H3,(H,22,24,25). The van der Waals surface area contributed by atoms with Crippen LogP contribution >= 0.6 is 11.6 Å². The van der Waals surface area contributed by atoms with E-state index in [1.165, 1.54) is 29.2 Å². The molecule has 136 valence electrons. The molecule has 0 radical (unpaired) electrons. The van der Waals surface area contributed by atoms with Gasteiger partial charge in [-0.05, 0) is 30.3 Å². The smallest absolute Gasteiger partial charge is 0.246 e. The number of imide groups is 1. The van der Waals surface area contributed by atoms with E-state index in [1.54, 1.807) is 25.2 Å². The predicted molar refractivity (Wildman–Crippen MR) is 96.8 cm³/mol. The van der Waals surface area contributed by atoms with Gasteiger partial charge in [0.25, 0.3) is 0 Å². The third kappa shape index (κ3) is 4.65. The Morgan fingerprint density at radius 3 is 2.46 bits per heavy atom. The lowest BCUT2D eigenvalue weighted by atomic mass is 10.0. The van der Waals surface area contributed by atoms with Crippen LogP contribution in [0.5, 0.6) is 0 Å². The largest absolute Gasteiger partial charge is 0.365 e. The Balaban J connectivity index is 2.33. The number of benzene rings is 2. The molecule has 0 fully saturated rings. The molecule has 0 spiro atoms. The molecule has 2 aromatic rings. The van der Waals surface area contributed by atoms with E-state index < -0.39 is 23.4 Å². The Morgan fingerprint density at radius 1 is 1.12 bits per heavy atom. The first-order valence-electron chi connectivity index (χ1n) is 7.66. The molecule has 0 heterocycles. The number of nitrogens with zero attached hydrogens (tertiary/aromatic N) is 1. The summed E-state index contributed by atoms with van der Waals surface area (Å²) in [6, 6.07) is 10.1. The molecule has 2 aromatic carbocycles. The van der Waals surface area contributed by atoms with Gasteiger partial charge in [0.2, 0.25) is 11.8 Å². The first-order valence-corrected chi connectivity index (χ1v) is 8.04. The number of carbonyl (C=O) groups excluding carboxylic acids is 3. The number of ketones is 1. The molecule has 3 N–H and O–H groups in total. The summed E-state index contributed by atoms with van der Waals surface area (Å²) in [6.45, 7) is -0.516. The van der Waals surface area contributed by atoms with Crippen LogP contribution in [0.2, 0.25) is 5.02 Å². The summed E-state index contributed by atoms with van der Waals surface area (Å²) in [5.41, 5.74) is 5.56. The minimum atomic E-state index is -0.655. The van der Waals surface area contributed by atoms with E-state index >= 15 is 0 Å². The number of nitrogens with two attached hydrogens (primary N) is 1. The zero-order chi connectivity index (χ0) is 19.3. The van der Waals surface area contributed by atoms with Crippen LogP contribution in [0.15, 0.2) is 42.5 Å². The van der Waals surface area contributed by atoms with Crippen molar-refractivity contribution in [2.45, 2.75) is 0 Å². The average molecular weight is 378 g/mol.